The van der Waals surface area contributed by atoms with Crippen LogP contribution in [0.5, 0.6) is 0 Å². The minimum Gasteiger partial charge on any atom is -0.478 e. The molecule has 0 unspecified atom stereocenters. The highest BCUT2D eigenvalue weighted by Gasteiger charge is 2.09. The van der Waals surface area contributed by atoms with Gasteiger partial charge < -0.3 is 14.8 Å². The van der Waals surface area contributed by atoms with E-state index in [9.17, 15) is 9.59 Å². The van der Waals surface area contributed by atoms with Crippen molar-refractivity contribution in [3.8, 4) is 0 Å². The van der Waals surface area contributed by atoms with Crippen LogP contribution in [-0.4, -0.2) is 17.0 Å². The summed E-state index contributed by atoms with van der Waals surface area (Å²) in [7, 11) is 0. The Morgan fingerprint density at radius 3 is 2.67 bits per heavy atom. The van der Waals surface area contributed by atoms with Gasteiger partial charge in [-0.15, -0.1) is 0 Å². The zero-order chi connectivity index (χ0) is 15.4. The van der Waals surface area contributed by atoms with Gasteiger partial charge in [0.2, 0.25) is 5.91 Å². The number of anilines is 1. The van der Waals surface area contributed by atoms with Crippen molar-refractivity contribution in [2.45, 2.75) is 6.92 Å². The fourth-order valence-corrected chi connectivity index (χ4v) is 2.07. The lowest BCUT2D eigenvalue weighted by Crippen LogP contribution is -2.09. The molecule has 2 aromatic rings. The Bertz CT molecular complexity index is 718. The summed E-state index contributed by atoms with van der Waals surface area (Å²) in [6, 6.07) is 8.11. The highest BCUT2D eigenvalue weighted by molar-refractivity contribution is 9.10. The van der Waals surface area contributed by atoms with Gasteiger partial charge in [0.1, 0.15) is 11.5 Å². The van der Waals surface area contributed by atoms with E-state index in [1.807, 2.05) is 6.92 Å². The first kappa shape index (κ1) is 15.1. The molecule has 0 fully saturated rings. The van der Waals surface area contributed by atoms with Gasteiger partial charge in [-0.3, -0.25) is 4.79 Å². The van der Waals surface area contributed by atoms with Gasteiger partial charge in [0.05, 0.1) is 5.56 Å². The molecule has 108 valence electrons. The maximum Gasteiger partial charge on any atom is 0.336 e. The van der Waals surface area contributed by atoms with Crippen LogP contribution in [0.2, 0.25) is 0 Å². The van der Waals surface area contributed by atoms with Crippen molar-refractivity contribution in [3.05, 3.63) is 58.0 Å². The van der Waals surface area contributed by atoms with Crippen molar-refractivity contribution < 1.29 is 19.1 Å². The van der Waals surface area contributed by atoms with E-state index in [4.69, 9.17) is 9.52 Å². The van der Waals surface area contributed by atoms with Gasteiger partial charge in [-0.25, -0.2) is 4.79 Å². The zero-order valence-electron chi connectivity index (χ0n) is 11.1. The number of aromatic carboxylic acids is 1. The summed E-state index contributed by atoms with van der Waals surface area (Å²) >= 11 is 3.14. The van der Waals surface area contributed by atoms with E-state index in [0.717, 1.165) is 5.76 Å². The second kappa shape index (κ2) is 6.41. The van der Waals surface area contributed by atoms with E-state index in [2.05, 4.69) is 21.2 Å². The molecule has 0 spiro atoms. The molecule has 2 N–H and O–H groups in total. The number of rotatable bonds is 4. The number of carbonyl (C=O) groups is 2. The van der Waals surface area contributed by atoms with Gasteiger partial charge in [0.15, 0.2) is 0 Å². The summed E-state index contributed by atoms with van der Waals surface area (Å²) < 4.78 is 5.75. The van der Waals surface area contributed by atoms with Crippen molar-refractivity contribution in [1.29, 1.82) is 0 Å². The maximum atomic E-state index is 11.8. The van der Waals surface area contributed by atoms with Crippen LogP contribution >= 0.6 is 15.9 Å². The Morgan fingerprint density at radius 1 is 1.29 bits per heavy atom. The Balaban J connectivity index is 2.07. The third-order valence-corrected chi connectivity index (χ3v) is 3.32. The fraction of sp³-hybridized carbons (Fsp3) is 0.0667. The maximum absolute atomic E-state index is 11.8. The first-order valence-electron chi connectivity index (χ1n) is 6.04. The molecule has 1 heterocycles. The minimum absolute atomic E-state index is 0.0819. The number of aryl methyl sites for hydroxylation is 1. The van der Waals surface area contributed by atoms with Gasteiger partial charge in [0, 0.05) is 16.2 Å². The quantitative estimate of drug-likeness (QED) is 0.824. The van der Waals surface area contributed by atoms with Crippen molar-refractivity contribution in [1.82, 2.24) is 0 Å². The van der Waals surface area contributed by atoms with Crippen LogP contribution < -0.4 is 5.32 Å². The molecule has 0 saturated heterocycles. The average molecular weight is 350 g/mol. The van der Waals surface area contributed by atoms with E-state index < -0.39 is 5.97 Å². The lowest BCUT2D eigenvalue weighted by Gasteiger charge is -2.05. The third-order valence-electron chi connectivity index (χ3n) is 2.62. The first-order chi connectivity index (χ1) is 9.95. The molecule has 0 bridgehead atoms. The highest BCUT2D eigenvalue weighted by atomic mass is 79.9. The fourth-order valence-electron chi connectivity index (χ4n) is 1.65. The van der Waals surface area contributed by atoms with E-state index in [1.54, 1.807) is 30.3 Å². The molecule has 1 amide bonds. The molecule has 5 nitrogen and oxygen atoms in total. The minimum atomic E-state index is -1.07. The first-order valence-corrected chi connectivity index (χ1v) is 6.83. The van der Waals surface area contributed by atoms with Crippen molar-refractivity contribution in [3.63, 3.8) is 0 Å². The average Bonchev–Trinajstić information content (AvgIpc) is 2.84. The number of carboxylic acid groups (broad SMARTS) is 1. The summed E-state index contributed by atoms with van der Waals surface area (Å²) in [5.74, 6) is -0.110. The molecule has 1 aromatic heterocycles. The number of halogens is 1. The number of furan rings is 1. The summed E-state index contributed by atoms with van der Waals surface area (Å²) in [6.45, 7) is 1.81. The molecule has 2 rings (SSSR count). The molecular formula is C15H12BrNO4. The predicted molar refractivity (Wildman–Crippen MR) is 82.2 cm³/mol. The number of hydrogen-bond acceptors (Lipinski definition) is 3. The summed E-state index contributed by atoms with van der Waals surface area (Å²) in [5.41, 5.74) is 0.485. The number of hydrogen-bond donors (Lipinski definition) is 2. The molecule has 0 atom stereocenters. The Morgan fingerprint density at radius 2 is 2.05 bits per heavy atom. The smallest absolute Gasteiger partial charge is 0.336 e. The molecule has 21 heavy (non-hydrogen) atoms. The number of carbonyl (C=O) groups excluding carboxylic acids is 1. The second-order valence-corrected chi connectivity index (χ2v) is 5.13. The monoisotopic (exact) mass is 349 g/mol. The molecule has 0 radical (unpaired) electrons. The van der Waals surface area contributed by atoms with Gasteiger partial charge in [-0.1, -0.05) is 0 Å². The molecular weight excluding hydrogens is 338 g/mol. The molecule has 6 heteroatoms. The number of benzene rings is 1. The Hall–Kier alpha value is -2.34. The number of carboxylic acids is 1. The van der Waals surface area contributed by atoms with Gasteiger partial charge in [-0.2, -0.15) is 0 Å². The van der Waals surface area contributed by atoms with E-state index in [-0.39, 0.29) is 11.5 Å². The van der Waals surface area contributed by atoms with Crippen LogP contribution in [-0.2, 0) is 4.79 Å². The van der Waals surface area contributed by atoms with Crippen LogP contribution in [0.25, 0.3) is 6.08 Å². The van der Waals surface area contributed by atoms with Crippen molar-refractivity contribution in [2.24, 2.45) is 0 Å². The second-order valence-electron chi connectivity index (χ2n) is 4.27. The zero-order valence-corrected chi connectivity index (χ0v) is 12.7. The van der Waals surface area contributed by atoms with E-state index in [0.29, 0.717) is 15.9 Å². The normalized spacial score (nSPS) is 10.8. The largest absolute Gasteiger partial charge is 0.478 e. The predicted octanol–water partition coefficient (Wildman–Crippen LogP) is 3.70. The van der Waals surface area contributed by atoms with Gasteiger partial charge in [-0.05, 0) is 59.3 Å². The van der Waals surface area contributed by atoms with Crippen LogP contribution in [0.4, 0.5) is 5.69 Å². The van der Waals surface area contributed by atoms with Crippen LogP contribution in [0.3, 0.4) is 0 Å². The lowest BCUT2D eigenvalue weighted by molar-refractivity contribution is -0.111. The van der Waals surface area contributed by atoms with Crippen LogP contribution in [0, 0.1) is 6.92 Å². The summed E-state index contributed by atoms with van der Waals surface area (Å²) in [6.07, 6.45) is 2.86. The summed E-state index contributed by atoms with van der Waals surface area (Å²) in [4.78, 5) is 22.8. The summed E-state index contributed by atoms with van der Waals surface area (Å²) in [5, 5.41) is 11.6. The van der Waals surface area contributed by atoms with Gasteiger partial charge >= 0.3 is 5.97 Å². The van der Waals surface area contributed by atoms with Gasteiger partial charge in [0.25, 0.3) is 0 Å². The number of amides is 1. The van der Waals surface area contributed by atoms with Crippen LogP contribution in [0.15, 0.2) is 45.3 Å². The van der Waals surface area contributed by atoms with E-state index >= 15 is 0 Å². The molecule has 0 aliphatic carbocycles. The van der Waals surface area contributed by atoms with Crippen molar-refractivity contribution in [2.75, 3.05) is 5.32 Å². The molecule has 0 saturated carbocycles. The van der Waals surface area contributed by atoms with Crippen LogP contribution in [0.1, 0.15) is 21.9 Å². The number of nitrogens with one attached hydrogen (secondary N) is 1. The Labute approximate surface area is 129 Å². The Kier molecular flexibility index (Phi) is 4.59. The third kappa shape index (κ3) is 4.06. The standard InChI is InChI=1S/C15H12BrNO4/c1-9-2-4-11(21-9)5-7-14(18)17-10-3-6-13(16)12(8-10)15(19)20/h2-8H,1H3,(H,17,18)(H,19,20)/b7-5+. The topological polar surface area (TPSA) is 79.5 Å². The SMILES string of the molecule is Cc1ccc(/C=C/C(=O)Nc2ccc(Br)c(C(=O)O)c2)o1. The highest BCUT2D eigenvalue weighted by Crippen LogP contribution is 2.21. The lowest BCUT2D eigenvalue weighted by atomic mass is 10.2. The molecule has 1 aromatic carbocycles. The molecule has 0 aliphatic heterocycles. The van der Waals surface area contributed by atoms with E-state index in [1.165, 1.54) is 12.1 Å². The van der Waals surface area contributed by atoms with Crippen molar-refractivity contribution >= 4 is 39.6 Å². The molecule has 0 aliphatic rings.